The highest BCUT2D eigenvalue weighted by atomic mass is 79.9. The Morgan fingerprint density at radius 1 is 1.47 bits per heavy atom. The van der Waals surface area contributed by atoms with E-state index in [1.807, 2.05) is 25.1 Å². The molecule has 90 valence electrons. The van der Waals surface area contributed by atoms with Gasteiger partial charge in [0.1, 0.15) is 5.54 Å². The molecule has 0 aliphatic rings. The Kier molecular flexibility index (Phi) is 4.13. The lowest BCUT2D eigenvalue weighted by molar-refractivity contribution is 0.246. The molecule has 1 aromatic carbocycles. The van der Waals surface area contributed by atoms with Crippen LogP contribution in [0, 0.1) is 18.3 Å². The Morgan fingerprint density at radius 3 is 2.65 bits per heavy atom. The van der Waals surface area contributed by atoms with Gasteiger partial charge in [-0.2, -0.15) is 5.26 Å². The van der Waals surface area contributed by atoms with Gasteiger partial charge in [0, 0.05) is 10.2 Å². The van der Waals surface area contributed by atoms with Crippen LogP contribution in [0.2, 0.25) is 0 Å². The van der Waals surface area contributed by atoms with E-state index in [0.29, 0.717) is 5.69 Å². The molecule has 0 fully saturated rings. The molecule has 2 amide bonds. The van der Waals surface area contributed by atoms with Crippen LogP contribution in [0.25, 0.3) is 0 Å². The first kappa shape index (κ1) is 13.5. The number of aryl methyl sites for hydroxylation is 1. The molecular weight excluding hydrogens is 282 g/mol. The van der Waals surface area contributed by atoms with Crippen LogP contribution in [-0.2, 0) is 0 Å². The maximum absolute atomic E-state index is 11.6. The van der Waals surface area contributed by atoms with Gasteiger partial charge in [0.15, 0.2) is 0 Å². The number of hydrogen-bond acceptors (Lipinski definition) is 2. The molecule has 0 spiro atoms. The Hall–Kier alpha value is -1.54. The van der Waals surface area contributed by atoms with Crippen LogP contribution in [-0.4, -0.2) is 11.6 Å². The van der Waals surface area contributed by atoms with E-state index >= 15 is 0 Å². The van der Waals surface area contributed by atoms with E-state index in [-0.39, 0.29) is 0 Å². The molecule has 0 bridgehead atoms. The minimum absolute atomic E-state index is 0.396. The Balaban J connectivity index is 2.69. The van der Waals surface area contributed by atoms with E-state index in [1.165, 1.54) is 0 Å². The van der Waals surface area contributed by atoms with E-state index < -0.39 is 11.6 Å². The highest BCUT2D eigenvalue weighted by molar-refractivity contribution is 9.10. The Bertz CT molecular complexity index is 477. The van der Waals surface area contributed by atoms with Crippen molar-refractivity contribution in [1.29, 1.82) is 5.26 Å². The molecule has 0 aromatic heterocycles. The highest BCUT2D eigenvalue weighted by Crippen LogP contribution is 2.20. The molecule has 1 rings (SSSR count). The molecule has 0 aliphatic heterocycles. The second-order valence-corrected chi connectivity index (χ2v) is 5.13. The van der Waals surface area contributed by atoms with Crippen molar-refractivity contribution < 1.29 is 4.79 Å². The first-order valence-corrected chi connectivity index (χ1v) is 5.90. The van der Waals surface area contributed by atoms with Gasteiger partial charge in [-0.3, -0.25) is 0 Å². The van der Waals surface area contributed by atoms with E-state index in [1.54, 1.807) is 19.9 Å². The third-order valence-corrected chi connectivity index (χ3v) is 2.99. The molecule has 2 N–H and O–H groups in total. The standard InChI is InChI=1S/C12H14BrN3O/c1-8-4-5-9(6-10(8)13)15-11(17)16-12(2,3)7-14/h4-6H,1-3H3,(H2,15,16,17). The van der Waals surface area contributed by atoms with Crippen molar-refractivity contribution in [2.75, 3.05) is 5.32 Å². The first-order chi connectivity index (χ1) is 7.84. The summed E-state index contributed by atoms with van der Waals surface area (Å²) in [7, 11) is 0. The molecule has 0 unspecified atom stereocenters. The monoisotopic (exact) mass is 295 g/mol. The fourth-order valence-electron chi connectivity index (χ4n) is 1.14. The normalized spacial score (nSPS) is 10.5. The molecule has 17 heavy (non-hydrogen) atoms. The number of nitriles is 1. The van der Waals surface area contributed by atoms with Crippen LogP contribution >= 0.6 is 15.9 Å². The van der Waals surface area contributed by atoms with Crippen molar-refractivity contribution in [3.63, 3.8) is 0 Å². The number of urea groups is 1. The maximum Gasteiger partial charge on any atom is 0.320 e. The molecule has 4 nitrogen and oxygen atoms in total. The molecule has 5 heteroatoms. The van der Waals surface area contributed by atoms with Crippen LogP contribution in [0.3, 0.4) is 0 Å². The summed E-state index contributed by atoms with van der Waals surface area (Å²) in [5, 5.41) is 14.0. The summed E-state index contributed by atoms with van der Waals surface area (Å²) in [5.74, 6) is 0. The number of hydrogen-bond donors (Lipinski definition) is 2. The van der Waals surface area contributed by atoms with Gasteiger partial charge in [0.25, 0.3) is 0 Å². The zero-order valence-electron chi connectivity index (χ0n) is 9.97. The molecule has 0 saturated heterocycles. The molecule has 0 saturated carbocycles. The smallest absolute Gasteiger partial charge is 0.320 e. The number of carbonyl (C=O) groups is 1. The van der Waals surface area contributed by atoms with E-state index in [4.69, 9.17) is 5.26 Å². The topological polar surface area (TPSA) is 64.9 Å². The molecule has 0 aliphatic carbocycles. The van der Waals surface area contributed by atoms with Gasteiger partial charge in [0.05, 0.1) is 6.07 Å². The zero-order valence-corrected chi connectivity index (χ0v) is 11.6. The van der Waals surface area contributed by atoms with Gasteiger partial charge in [-0.05, 0) is 38.5 Å². The largest absolute Gasteiger partial charge is 0.320 e. The zero-order chi connectivity index (χ0) is 13.1. The average Bonchev–Trinajstić information content (AvgIpc) is 2.23. The fourth-order valence-corrected chi connectivity index (χ4v) is 1.52. The number of rotatable bonds is 2. The Labute approximate surface area is 109 Å². The van der Waals surface area contributed by atoms with Gasteiger partial charge in [0.2, 0.25) is 0 Å². The van der Waals surface area contributed by atoms with E-state index in [2.05, 4.69) is 26.6 Å². The minimum atomic E-state index is -0.883. The van der Waals surface area contributed by atoms with Gasteiger partial charge in [-0.1, -0.05) is 22.0 Å². The lowest BCUT2D eigenvalue weighted by atomic mass is 10.1. The number of halogens is 1. The third kappa shape index (κ3) is 4.08. The van der Waals surface area contributed by atoms with Crippen molar-refractivity contribution in [1.82, 2.24) is 5.32 Å². The number of nitrogens with zero attached hydrogens (tertiary/aromatic N) is 1. The van der Waals surface area contributed by atoms with Gasteiger partial charge >= 0.3 is 6.03 Å². The molecule has 0 heterocycles. The third-order valence-electron chi connectivity index (χ3n) is 2.14. The van der Waals surface area contributed by atoms with Crippen LogP contribution in [0.5, 0.6) is 0 Å². The van der Waals surface area contributed by atoms with Crippen LogP contribution in [0.1, 0.15) is 19.4 Å². The average molecular weight is 296 g/mol. The molecular formula is C12H14BrN3O. The molecule has 0 atom stereocenters. The number of benzene rings is 1. The second kappa shape index (κ2) is 5.19. The van der Waals surface area contributed by atoms with Crippen molar-refractivity contribution in [3.05, 3.63) is 28.2 Å². The van der Waals surface area contributed by atoms with Crippen LogP contribution < -0.4 is 10.6 Å². The number of amides is 2. The summed E-state index contributed by atoms with van der Waals surface area (Å²) >= 11 is 3.39. The van der Waals surface area contributed by atoms with E-state index in [9.17, 15) is 4.79 Å². The van der Waals surface area contributed by atoms with Gasteiger partial charge in [-0.25, -0.2) is 4.79 Å². The number of carbonyl (C=O) groups excluding carboxylic acids is 1. The minimum Gasteiger partial charge on any atom is -0.320 e. The van der Waals surface area contributed by atoms with Crippen molar-refractivity contribution in [2.24, 2.45) is 0 Å². The van der Waals surface area contributed by atoms with Crippen molar-refractivity contribution in [2.45, 2.75) is 26.3 Å². The summed E-state index contributed by atoms with van der Waals surface area (Å²) in [5.41, 5.74) is 0.883. The predicted molar refractivity (Wildman–Crippen MR) is 70.7 cm³/mol. The SMILES string of the molecule is Cc1ccc(NC(=O)NC(C)(C)C#N)cc1Br. The number of anilines is 1. The summed E-state index contributed by atoms with van der Waals surface area (Å²) in [6.45, 7) is 5.24. The van der Waals surface area contributed by atoms with Crippen molar-refractivity contribution >= 4 is 27.6 Å². The molecule has 1 aromatic rings. The second-order valence-electron chi connectivity index (χ2n) is 4.28. The van der Waals surface area contributed by atoms with Gasteiger partial charge in [-0.15, -0.1) is 0 Å². The highest BCUT2D eigenvalue weighted by Gasteiger charge is 2.19. The van der Waals surface area contributed by atoms with Crippen LogP contribution in [0.4, 0.5) is 10.5 Å². The summed E-state index contributed by atoms with van der Waals surface area (Å²) in [6, 6.07) is 7.12. The molecule has 0 radical (unpaired) electrons. The lowest BCUT2D eigenvalue weighted by Crippen LogP contribution is -2.44. The quantitative estimate of drug-likeness (QED) is 0.880. The van der Waals surface area contributed by atoms with Crippen molar-refractivity contribution in [3.8, 4) is 6.07 Å². The lowest BCUT2D eigenvalue weighted by Gasteiger charge is -2.18. The summed E-state index contributed by atoms with van der Waals surface area (Å²) < 4.78 is 0.926. The van der Waals surface area contributed by atoms with Crippen LogP contribution in [0.15, 0.2) is 22.7 Å². The van der Waals surface area contributed by atoms with Gasteiger partial charge < -0.3 is 10.6 Å². The van der Waals surface area contributed by atoms with E-state index in [0.717, 1.165) is 10.0 Å². The Morgan fingerprint density at radius 2 is 2.12 bits per heavy atom. The summed E-state index contributed by atoms with van der Waals surface area (Å²) in [4.78, 5) is 11.6. The predicted octanol–water partition coefficient (Wildman–Crippen LogP) is 3.18. The fraction of sp³-hybridized carbons (Fsp3) is 0.333. The number of nitrogens with one attached hydrogen (secondary N) is 2. The summed E-state index contributed by atoms with van der Waals surface area (Å²) in [6.07, 6.45) is 0. The maximum atomic E-state index is 11.6. The first-order valence-electron chi connectivity index (χ1n) is 5.10.